The van der Waals surface area contributed by atoms with Crippen LogP contribution in [0.3, 0.4) is 0 Å². The van der Waals surface area contributed by atoms with Crippen LogP contribution in [0.4, 0.5) is 5.00 Å². The number of ether oxygens (including phenoxy) is 1. The second kappa shape index (κ2) is 5.56. The van der Waals surface area contributed by atoms with Gasteiger partial charge in [-0.05, 0) is 13.3 Å². The van der Waals surface area contributed by atoms with Crippen molar-refractivity contribution in [2.45, 2.75) is 26.0 Å². The number of hydrogen-bond donors (Lipinski definition) is 1. The average molecular weight is 242 g/mol. The highest BCUT2D eigenvalue weighted by Crippen LogP contribution is 2.21. The zero-order valence-electron chi connectivity index (χ0n) is 9.77. The lowest BCUT2D eigenvalue weighted by Crippen LogP contribution is -2.23. The molecular weight excluding hydrogens is 224 g/mol. The molecule has 1 aliphatic heterocycles. The third-order valence-electron chi connectivity index (χ3n) is 2.83. The molecule has 0 aromatic carbocycles. The fourth-order valence-corrected chi connectivity index (χ4v) is 2.59. The van der Waals surface area contributed by atoms with Gasteiger partial charge in [-0.3, -0.25) is 4.90 Å². The van der Waals surface area contributed by atoms with Gasteiger partial charge in [0.05, 0.1) is 6.10 Å². The summed E-state index contributed by atoms with van der Waals surface area (Å²) in [4.78, 5) is 2.37. The lowest BCUT2D eigenvalue weighted by Gasteiger charge is -2.14. The van der Waals surface area contributed by atoms with Crippen LogP contribution in [-0.4, -0.2) is 47.3 Å². The van der Waals surface area contributed by atoms with Crippen LogP contribution in [0.1, 0.15) is 19.0 Å². The number of likely N-dealkylation sites (tertiary alicyclic amines) is 1. The van der Waals surface area contributed by atoms with Crippen LogP contribution < -0.4 is 5.32 Å². The molecule has 0 radical (unpaired) electrons. The number of nitrogens with one attached hydrogen (secondary N) is 1. The molecule has 16 heavy (non-hydrogen) atoms. The van der Waals surface area contributed by atoms with Gasteiger partial charge >= 0.3 is 0 Å². The maximum Gasteiger partial charge on any atom is 0.134 e. The van der Waals surface area contributed by atoms with Gasteiger partial charge < -0.3 is 10.1 Å². The number of rotatable bonds is 5. The van der Waals surface area contributed by atoms with Crippen molar-refractivity contribution in [1.82, 2.24) is 14.5 Å². The zero-order valence-corrected chi connectivity index (χ0v) is 10.6. The van der Waals surface area contributed by atoms with E-state index in [1.54, 1.807) is 7.11 Å². The third-order valence-corrected chi connectivity index (χ3v) is 3.55. The number of nitrogens with zero attached hydrogens (tertiary/aromatic N) is 3. The predicted octanol–water partition coefficient (Wildman–Crippen LogP) is 1.19. The highest BCUT2D eigenvalue weighted by atomic mass is 32.1. The normalized spacial score (nSPS) is 21.5. The van der Waals surface area contributed by atoms with E-state index in [9.17, 15) is 0 Å². The second-order valence-electron chi connectivity index (χ2n) is 3.96. The van der Waals surface area contributed by atoms with Crippen molar-refractivity contribution in [3.63, 3.8) is 0 Å². The Balaban J connectivity index is 1.91. The molecule has 0 aliphatic carbocycles. The zero-order chi connectivity index (χ0) is 11.4. The van der Waals surface area contributed by atoms with Gasteiger partial charge in [-0.2, -0.15) is 0 Å². The van der Waals surface area contributed by atoms with E-state index in [4.69, 9.17) is 4.74 Å². The van der Waals surface area contributed by atoms with Crippen LogP contribution >= 0.6 is 11.5 Å². The van der Waals surface area contributed by atoms with Crippen LogP contribution in [0.2, 0.25) is 0 Å². The van der Waals surface area contributed by atoms with E-state index in [0.29, 0.717) is 6.10 Å². The standard InChI is InChI=1S/C10H18N4OS/c1-3-11-10-9(12-13-16-10)7-14-5-4-8(6-14)15-2/h8,11H,3-7H2,1-2H3. The average Bonchev–Trinajstić information content (AvgIpc) is 2.90. The highest BCUT2D eigenvalue weighted by Gasteiger charge is 2.23. The lowest BCUT2D eigenvalue weighted by molar-refractivity contribution is 0.107. The minimum atomic E-state index is 0.383. The molecule has 0 amide bonds. The summed E-state index contributed by atoms with van der Waals surface area (Å²) in [5.74, 6) is 0. The molecule has 1 saturated heterocycles. The van der Waals surface area contributed by atoms with Gasteiger partial charge in [0.15, 0.2) is 0 Å². The number of hydrogen-bond acceptors (Lipinski definition) is 6. The topological polar surface area (TPSA) is 50.3 Å². The summed E-state index contributed by atoms with van der Waals surface area (Å²) in [5, 5.41) is 8.56. The Morgan fingerprint density at radius 3 is 3.19 bits per heavy atom. The Hall–Kier alpha value is -0.720. The van der Waals surface area contributed by atoms with E-state index >= 15 is 0 Å². The summed E-state index contributed by atoms with van der Waals surface area (Å²) in [6, 6.07) is 0. The van der Waals surface area contributed by atoms with Gasteiger partial charge in [0.25, 0.3) is 0 Å². The first-order chi connectivity index (χ1) is 7.83. The quantitative estimate of drug-likeness (QED) is 0.840. The van der Waals surface area contributed by atoms with Crippen molar-refractivity contribution in [3.8, 4) is 0 Å². The minimum Gasteiger partial charge on any atom is -0.380 e. The van der Waals surface area contributed by atoms with Crippen LogP contribution in [-0.2, 0) is 11.3 Å². The van der Waals surface area contributed by atoms with Crippen molar-refractivity contribution in [2.75, 3.05) is 32.1 Å². The first-order valence-corrected chi connectivity index (χ1v) is 6.41. The van der Waals surface area contributed by atoms with Crippen molar-refractivity contribution >= 4 is 16.5 Å². The summed E-state index contributed by atoms with van der Waals surface area (Å²) in [7, 11) is 1.78. The van der Waals surface area contributed by atoms with Gasteiger partial charge in [0.1, 0.15) is 10.7 Å². The van der Waals surface area contributed by atoms with E-state index in [-0.39, 0.29) is 0 Å². The van der Waals surface area contributed by atoms with Gasteiger partial charge in [-0.25, -0.2) is 0 Å². The summed E-state index contributed by atoms with van der Waals surface area (Å²) in [5.41, 5.74) is 1.06. The van der Waals surface area contributed by atoms with Gasteiger partial charge in [-0.1, -0.05) is 4.49 Å². The van der Waals surface area contributed by atoms with Crippen molar-refractivity contribution in [3.05, 3.63) is 5.69 Å². The molecule has 6 heteroatoms. The summed E-state index contributed by atoms with van der Waals surface area (Å²) in [6.07, 6.45) is 1.50. The molecule has 1 fully saturated rings. The van der Waals surface area contributed by atoms with Crippen molar-refractivity contribution in [2.24, 2.45) is 0 Å². The molecular formula is C10H18N4OS. The fraction of sp³-hybridized carbons (Fsp3) is 0.800. The van der Waals surface area contributed by atoms with Gasteiger partial charge in [0.2, 0.25) is 0 Å². The molecule has 1 atom stereocenters. The first-order valence-electron chi connectivity index (χ1n) is 5.63. The van der Waals surface area contributed by atoms with Gasteiger partial charge in [0, 0.05) is 44.8 Å². The number of methoxy groups -OCH3 is 1. The van der Waals surface area contributed by atoms with E-state index in [1.165, 1.54) is 11.5 Å². The predicted molar refractivity (Wildman–Crippen MR) is 64.8 cm³/mol. The molecule has 1 aromatic heterocycles. The molecule has 0 saturated carbocycles. The van der Waals surface area contributed by atoms with Crippen molar-refractivity contribution in [1.29, 1.82) is 0 Å². The second-order valence-corrected chi connectivity index (χ2v) is 4.71. The Kier molecular flexibility index (Phi) is 4.09. The molecule has 1 N–H and O–H groups in total. The van der Waals surface area contributed by atoms with E-state index in [1.807, 2.05) is 0 Å². The van der Waals surface area contributed by atoms with Crippen LogP contribution in [0.5, 0.6) is 0 Å². The minimum absolute atomic E-state index is 0.383. The van der Waals surface area contributed by atoms with Crippen LogP contribution in [0.25, 0.3) is 0 Å². The SMILES string of the molecule is CCNc1snnc1CN1CCC(OC)C1. The number of anilines is 1. The van der Waals surface area contributed by atoms with Gasteiger partial charge in [-0.15, -0.1) is 5.10 Å². The van der Waals surface area contributed by atoms with E-state index in [2.05, 4.69) is 26.7 Å². The van der Waals surface area contributed by atoms with Crippen LogP contribution in [0, 0.1) is 0 Å². The molecule has 0 bridgehead atoms. The maximum atomic E-state index is 5.35. The largest absolute Gasteiger partial charge is 0.380 e. The summed E-state index contributed by atoms with van der Waals surface area (Å²) in [6.45, 7) is 5.96. The molecule has 1 aromatic rings. The molecule has 90 valence electrons. The Morgan fingerprint density at radius 2 is 2.50 bits per heavy atom. The molecule has 1 unspecified atom stereocenters. The molecule has 2 rings (SSSR count). The Bertz CT molecular complexity index is 330. The Morgan fingerprint density at radius 1 is 1.62 bits per heavy atom. The van der Waals surface area contributed by atoms with Crippen molar-refractivity contribution < 1.29 is 4.74 Å². The van der Waals surface area contributed by atoms with E-state index in [0.717, 1.165) is 43.3 Å². The fourth-order valence-electron chi connectivity index (χ4n) is 1.95. The third kappa shape index (κ3) is 2.69. The molecule has 1 aliphatic rings. The maximum absolute atomic E-state index is 5.35. The smallest absolute Gasteiger partial charge is 0.134 e. The molecule has 2 heterocycles. The monoisotopic (exact) mass is 242 g/mol. The lowest BCUT2D eigenvalue weighted by atomic mass is 10.3. The summed E-state index contributed by atoms with van der Waals surface area (Å²) < 4.78 is 9.34. The Labute approximate surface area is 100.0 Å². The number of aromatic nitrogens is 2. The van der Waals surface area contributed by atoms with E-state index < -0.39 is 0 Å². The van der Waals surface area contributed by atoms with Crippen LogP contribution in [0.15, 0.2) is 0 Å². The summed E-state index contributed by atoms with van der Waals surface area (Å²) >= 11 is 1.43. The first kappa shape index (κ1) is 11.8. The molecule has 5 nitrogen and oxygen atoms in total. The molecule has 0 spiro atoms. The highest BCUT2D eigenvalue weighted by molar-refractivity contribution is 7.10.